The summed E-state index contributed by atoms with van der Waals surface area (Å²) in [5.41, 5.74) is 2.91. The summed E-state index contributed by atoms with van der Waals surface area (Å²) in [7, 11) is 0. The van der Waals surface area contributed by atoms with Crippen LogP contribution in [0.1, 0.15) is 5.56 Å². The zero-order valence-electron chi connectivity index (χ0n) is 9.67. The lowest BCUT2D eigenvalue weighted by molar-refractivity contribution is 0.630. The molecule has 0 radical (unpaired) electrons. The Morgan fingerprint density at radius 1 is 1.22 bits per heavy atom. The number of H-pyrrole nitrogens is 1. The minimum atomic E-state index is -0.296. The zero-order chi connectivity index (χ0) is 12.7. The molecule has 0 amide bonds. The number of aromatic amines is 1. The number of hydrogen-bond acceptors (Lipinski definition) is 1. The predicted molar refractivity (Wildman–Crippen MR) is 71.2 cm³/mol. The van der Waals surface area contributed by atoms with Gasteiger partial charge >= 0.3 is 0 Å². The Kier molecular flexibility index (Phi) is 2.56. The third kappa shape index (κ3) is 1.77. The van der Waals surface area contributed by atoms with Crippen molar-refractivity contribution in [3.8, 4) is 11.4 Å². The van der Waals surface area contributed by atoms with Gasteiger partial charge in [0.25, 0.3) is 0 Å². The standard InChI is InChI=1S/C14H10ClFN2/c1-8-5-6-11(16)9(7-8)14-17-12-4-2-3-10(15)13(12)18-14/h2-7H,1H3,(H,17,18). The molecule has 0 saturated carbocycles. The van der Waals surface area contributed by atoms with Crippen molar-refractivity contribution in [3.63, 3.8) is 0 Å². The van der Waals surface area contributed by atoms with E-state index < -0.39 is 0 Å². The van der Waals surface area contributed by atoms with Crippen molar-refractivity contribution in [3.05, 3.63) is 52.8 Å². The SMILES string of the molecule is Cc1ccc(F)c(-c2nc3c(Cl)cccc3[nH]2)c1. The number of aryl methyl sites for hydroxylation is 1. The van der Waals surface area contributed by atoms with Gasteiger partial charge in [0, 0.05) is 0 Å². The van der Waals surface area contributed by atoms with Gasteiger partial charge in [-0.15, -0.1) is 0 Å². The molecule has 1 heterocycles. The van der Waals surface area contributed by atoms with Crippen LogP contribution in [0, 0.1) is 12.7 Å². The first-order valence-electron chi connectivity index (χ1n) is 5.56. The molecule has 0 atom stereocenters. The third-order valence-corrected chi connectivity index (χ3v) is 3.15. The summed E-state index contributed by atoms with van der Waals surface area (Å²) < 4.78 is 13.8. The highest BCUT2D eigenvalue weighted by Gasteiger charge is 2.11. The molecule has 18 heavy (non-hydrogen) atoms. The van der Waals surface area contributed by atoms with E-state index in [1.54, 1.807) is 18.2 Å². The van der Waals surface area contributed by atoms with Gasteiger partial charge in [0.1, 0.15) is 17.2 Å². The lowest BCUT2D eigenvalue weighted by Gasteiger charge is -2.00. The first-order chi connectivity index (χ1) is 8.65. The van der Waals surface area contributed by atoms with Gasteiger partial charge in [-0.05, 0) is 31.2 Å². The average Bonchev–Trinajstić information content (AvgIpc) is 2.77. The fourth-order valence-corrected chi connectivity index (χ4v) is 2.16. The summed E-state index contributed by atoms with van der Waals surface area (Å²) in [6.45, 7) is 1.92. The molecule has 0 bridgehead atoms. The van der Waals surface area contributed by atoms with Gasteiger partial charge in [-0.25, -0.2) is 9.37 Å². The highest BCUT2D eigenvalue weighted by atomic mass is 35.5. The zero-order valence-corrected chi connectivity index (χ0v) is 10.4. The first kappa shape index (κ1) is 11.2. The van der Waals surface area contributed by atoms with E-state index >= 15 is 0 Å². The van der Waals surface area contributed by atoms with Gasteiger partial charge in [-0.1, -0.05) is 29.3 Å². The monoisotopic (exact) mass is 260 g/mol. The molecule has 0 saturated heterocycles. The van der Waals surface area contributed by atoms with Crippen LogP contribution in [0.25, 0.3) is 22.4 Å². The van der Waals surface area contributed by atoms with E-state index in [1.165, 1.54) is 6.07 Å². The van der Waals surface area contributed by atoms with Crippen molar-refractivity contribution in [2.75, 3.05) is 0 Å². The van der Waals surface area contributed by atoms with Gasteiger partial charge < -0.3 is 4.98 Å². The molecule has 3 aromatic rings. The lowest BCUT2D eigenvalue weighted by Crippen LogP contribution is -1.87. The van der Waals surface area contributed by atoms with Crippen LogP contribution in [0.2, 0.25) is 5.02 Å². The number of nitrogens with zero attached hydrogens (tertiary/aromatic N) is 1. The predicted octanol–water partition coefficient (Wildman–Crippen LogP) is 4.33. The van der Waals surface area contributed by atoms with E-state index in [0.29, 0.717) is 21.9 Å². The summed E-state index contributed by atoms with van der Waals surface area (Å²) >= 11 is 6.05. The fraction of sp³-hybridized carbons (Fsp3) is 0.0714. The van der Waals surface area contributed by atoms with Gasteiger partial charge in [0.2, 0.25) is 0 Å². The molecule has 90 valence electrons. The number of para-hydroxylation sites is 1. The summed E-state index contributed by atoms with van der Waals surface area (Å²) in [6.07, 6.45) is 0. The number of hydrogen-bond donors (Lipinski definition) is 1. The Balaban J connectivity index is 2.26. The van der Waals surface area contributed by atoms with E-state index in [9.17, 15) is 4.39 Å². The first-order valence-corrected chi connectivity index (χ1v) is 5.94. The molecule has 0 unspecified atom stereocenters. The van der Waals surface area contributed by atoms with Crippen LogP contribution in [0.3, 0.4) is 0 Å². The van der Waals surface area contributed by atoms with Gasteiger partial charge in [-0.2, -0.15) is 0 Å². The number of benzene rings is 2. The molecule has 0 fully saturated rings. The van der Waals surface area contributed by atoms with Gasteiger partial charge in [0.05, 0.1) is 16.1 Å². The molecule has 1 aromatic heterocycles. The quantitative estimate of drug-likeness (QED) is 0.693. The van der Waals surface area contributed by atoms with Crippen LogP contribution in [0.5, 0.6) is 0 Å². The number of aromatic nitrogens is 2. The molecule has 1 N–H and O–H groups in total. The summed E-state index contributed by atoms with van der Waals surface area (Å²) in [6, 6.07) is 10.4. The van der Waals surface area contributed by atoms with E-state index in [0.717, 1.165) is 11.1 Å². The Morgan fingerprint density at radius 2 is 2.06 bits per heavy atom. The van der Waals surface area contributed by atoms with Crippen molar-refractivity contribution >= 4 is 22.6 Å². The summed E-state index contributed by atoms with van der Waals surface area (Å²) in [5.74, 6) is 0.204. The van der Waals surface area contributed by atoms with Crippen molar-refractivity contribution in [1.29, 1.82) is 0 Å². The number of halogens is 2. The lowest BCUT2D eigenvalue weighted by atomic mass is 10.1. The maximum atomic E-state index is 13.8. The van der Waals surface area contributed by atoms with Crippen molar-refractivity contribution < 1.29 is 4.39 Å². The van der Waals surface area contributed by atoms with Gasteiger partial charge in [-0.3, -0.25) is 0 Å². The van der Waals surface area contributed by atoms with Crippen LogP contribution >= 0.6 is 11.6 Å². The Labute approximate surface area is 108 Å². The molecule has 0 aliphatic rings. The van der Waals surface area contributed by atoms with E-state index in [4.69, 9.17) is 11.6 Å². The molecular weight excluding hydrogens is 251 g/mol. The van der Waals surface area contributed by atoms with Crippen LogP contribution in [0.15, 0.2) is 36.4 Å². The van der Waals surface area contributed by atoms with Crippen molar-refractivity contribution in [1.82, 2.24) is 9.97 Å². The van der Waals surface area contributed by atoms with Crippen LogP contribution < -0.4 is 0 Å². The second-order valence-corrected chi connectivity index (χ2v) is 4.61. The fourth-order valence-electron chi connectivity index (χ4n) is 1.95. The van der Waals surface area contributed by atoms with E-state index in [-0.39, 0.29) is 5.82 Å². The maximum Gasteiger partial charge on any atom is 0.141 e. The molecule has 4 heteroatoms. The minimum absolute atomic E-state index is 0.296. The number of fused-ring (bicyclic) bond motifs is 1. The number of imidazole rings is 1. The van der Waals surface area contributed by atoms with Crippen molar-refractivity contribution in [2.45, 2.75) is 6.92 Å². The molecular formula is C14H10ClFN2. The Hall–Kier alpha value is -1.87. The molecule has 2 nitrogen and oxygen atoms in total. The Bertz CT molecular complexity index is 734. The summed E-state index contributed by atoms with van der Waals surface area (Å²) in [5, 5.41) is 0.558. The molecule has 0 aliphatic carbocycles. The van der Waals surface area contributed by atoms with Crippen LogP contribution in [-0.2, 0) is 0 Å². The summed E-state index contributed by atoms with van der Waals surface area (Å²) in [4.78, 5) is 7.44. The second-order valence-electron chi connectivity index (χ2n) is 4.20. The highest BCUT2D eigenvalue weighted by Crippen LogP contribution is 2.27. The van der Waals surface area contributed by atoms with Crippen LogP contribution in [0.4, 0.5) is 4.39 Å². The average molecular weight is 261 g/mol. The van der Waals surface area contributed by atoms with E-state index in [2.05, 4.69) is 9.97 Å². The largest absolute Gasteiger partial charge is 0.338 e. The molecule has 2 aromatic carbocycles. The maximum absolute atomic E-state index is 13.8. The molecule has 0 spiro atoms. The number of nitrogens with one attached hydrogen (secondary N) is 1. The normalized spacial score (nSPS) is 11.1. The highest BCUT2D eigenvalue weighted by molar-refractivity contribution is 6.34. The van der Waals surface area contributed by atoms with E-state index in [1.807, 2.05) is 19.1 Å². The van der Waals surface area contributed by atoms with Crippen LogP contribution in [-0.4, -0.2) is 9.97 Å². The third-order valence-electron chi connectivity index (χ3n) is 2.84. The Morgan fingerprint density at radius 3 is 2.83 bits per heavy atom. The molecule has 3 rings (SSSR count). The van der Waals surface area contributed by atoms with Crippen molar-refractivity contribution in [2.24, 2.45) is 0 Å². The minimum Gasteiger partial charge on any atom is -0.338 e. The van der Waals surface area contributed by atoms with Gasteiger partial charge in [0.15, 0.2) is 0 Å². The topological polar surface area (TPSA) is 28.7 Å². The second kappa shape index (κ2) is 4.10. The smallest absolute Gasteiger partial charge is 0.141 e. The number of rotatable bonds is 1. The molecule has 0 aliphatic heterocycles.